The molecule has 1 aromatic rings. The molecule has 3 rings (SSSR count). The number of hydrogen-bond acceptors (Lipinski definition) is 5. The summed E-state index contributed by atoms with van der Waals surface area (Å²) in [4.78, 5) is 14.6. The van der Waals surface area contributed by atoms with Gasteiger partial charge in [0.15, 0.2) is 0 Å². The summed E-state index contributed by atoms with van der Waals surface area (Å²) in [7, 11) is 0. The Hall–Kier alpha value is -0.370. The molecule has 5 nitrogen and oxygen atoms in total. The zero-order valence-electron chi connectivity index (χ0n) is 13.8. The minimum Gasteiger partial charge on any atom is -0.378 e. The third kappa shape index (κ3) is 6.38. The smallest absolute Gasteiger partial charge is 0.226 e. The number of nitrogens with zero attached hydrogens (tertiary/aromatic N) is 1. The van der Waals surface area contributed by atoms with Crippen molar-refractivity contribution in [3.63, 3.8) is 0 Å². The molecule has 25 heavy (non-hydrogen) atoms. The van der Waals surface area contributed by atoms with E-state index in [-0.39, 0.29) is 36.8 Å². The Bertz CT molecular complexity index is 553. The first kappa shape index (κ1) is 22.7. The van der Waals surface area contributed by atoms with E-state index in [1.807, 2.05) is 30.0 Å². The Morgan fingerprint density at radius 3 is 2.80 bits per heavy atom. The Balaban J connectivity index is 0.00000156. The number of ether oxygens (including phenoxy) is 1. The molecule has 0 aliphatic carbocycles. The fraction of sp³-hybridized carbons (Fsp3) is 0.562. The molecule has 0 spiro atoms. The molecule has 2 aliphatic rings. The van der Waals surface area contributed by atoms with E-state index in [9.17, 15) is 4.79 Å². The van der Waals surface area contributed by atoms with Crippen LogP contribution in [0, 0.1) is 0 Å². The average Bonchev–Trinajstić information content (AvgIpc) is 2.56. The molecule has 2 N–H and O–H groups in total. The molecular weight excluding hydrogens is 405 g/mol. The number of benzene rings is 1. The van der Waals surface area contributed by atoms with Crippen LogP contribution < -0.4 is 15.5 Å². The summed E-state index contributed by atoms with van der Waals surface area (Å²) < 4.78 is 5.40. The molecule has 2 fully saturated rings. The maximum atomic E-state index is 12.4. The summed E-state index contributed by atoms with van der Waals surface area (Å²) >= 11 is 8.28. The second-order valence-electron chi connectivity index (χ2n) is 5.71. The van der Waals surface area contributed by atoms with Crippen molar-refractivity contribution in [2.45, 2.75) is 12.5 Å². The van der Waals surface area contributed by atoms with E-state index in [1.54, 1.807) is 0 Å². The summed E-state index contributed by atoms with van der Waals surface area (Å²) in [5.41, 5.74) is 1.68. The second-order valence-corrected chi connectivity index (χ2v) is 7.27. The van der Waals surface area contributed by atoms with Gasteiger partial charge in [-0.1, -0.05) is 17.7 Å². The molecule has 0 aromatic heterocycles. The highest BCUT2D eigenvalue weighted by Gasteiger charge is 2.21. The van der Waals surface area contributed by atoms with Crippen molar-refractivity contribution >= 4 is 65.5 Å². The van der Waals surface area contributed by atoms with Crippen LogP contribution >= 0.6 is 48.2 Å². The molecule has 2 saturated heterocycles. The number of morpholine rings is 1. The van der Waals surface area contributed by atoms with Gasteiger partial charge in [-0.15, -0.1) is 24.8 Å². The zero-order chi connectivity index (χ0) is 16.1. The van der Waals surface area contributed by atoms with Crippen LogP contribution in [0.4, 0.5) is 11.4 Å². The van der Waals surface area contributed by atoms with Crippen molar-refractivity contribution < 1.29 is 9.53 Å². The highest BCUT2D eigenvalue weighted by Crippen LogP contribution is 2.34. The van der Waals surface area contributed by atoms with Gasteiger partial charge in [0.1, 0.15) is 0 Å². The van der Waals surface area contributed by atoms with Gasteiger partial charge in [0.2, 0.25) is 5.91 Å². The predicted molar refractivity (Wildman–Crippen MR) is 111 cm³/mol. The number of halogens is 3. The lowest BCUT2D eigenvalue weighted by atomic mass is 10.2. The number of carbonyl (C=O) groups is 1. The fourth-order valence-corrected chi connectivity index (χ4v) is 4.14. The summed E-state index contributed by atoms with van der Waals surface area (Å²) in [6.07, 6.45) is 0.488. The molecule has 1 atom stereocenters. The van der Waals surface area contributed by atoms with Crippen LogP contribution in [0.1, 0.15) is 6.42 Å². The van der Waals surface area contributed by atoms with E-state index in [1.165, 1.54) is 0 Å². The van der Waals surface area contributed by atoms with Crippen molar-refractivity contribution in [2.24, 2.45) is 0 Å². The first-order chi connectivity index (χ1) is 11.2. The molecular formula is C16H24Cl3N3O2S. The van der Waals surface area contributed by atoms with Crippen molar-refractivity contribution in [1.29, 1.82) is 0 Å². The standard InChI is InChI=1S/C16H22ClN3O2S.2ClH/c17-13-2-1-3-14(16(13)20-5-7-22-8-6-20)19-15(21)10-12-11-23-9-4-18-12;;/h1-3,12,18H,4-11H2,(H,19,21);2*1H. The summed E-state index contributed by atoms with van der Waals surface area (Å²) in [5, 5.41) is 7.09. The molecule has 9 heteroatoms. The highest BCUT2D eigenvalue weighted by molar-refractivity contribution is 7.99. The topological polar surface area (TPSA) is 53.6 Å². The van der Waals surface area contributed by atoms with Gasteiger partial charge in [-0.2, -0.15) is 11.8 Å². The summed E-state index contributed by atoms with van der Waals surface area (Å²) in [6, 6.07) is 5.90. The first-order valence-electron chi connectivity index (χ1n) is 7.96. The van der Waals surface area contributed by atoms with Crippen LogP contribution in [-0.4, -0.2) is 56.3 Å². The van der Waals surface area contributed by atoms with Crippen LogP contribution in [0.25, 0.3) is 0 Å². The van der Waals surface area contributed by atoms with E-state index in [0.29, 0.717) is 24.7 Å². The monoisotopic (exact) mass is 427 g/mol. The normalized spacial score (nSPS) is 20.2. The van der Waals surface area contributed by atoms with Crippen molar-refractivity contribution in [3.05, 3.63) is 23.2 Å². The molecule has 1 amide bonds. The lowest BCUT2D eigenvalue weighted by Gasteiger charge is -2.31. The minimum absolute atomic E-state index is 0. The van der Waals surface area contributed by atoms with E-state index in [4.69, 9.17) is 16.3 Å². The Kier molecular flexibility index (Phi) is 10.3. The minimum atomic E-state index is 0. The fourth-order valence-electron chi connectivity index (χ4n) is 2.90. The third-order valence-electron chi connectivity index (χ3n) is 4.02. The number of carbonyl (C=O) groups excluding carboxylic acids is 1. The number of thioether (sulfide) groups is 1. The number of anilines is 2. The predicted octanol–water partition coefficient (Wildman–Crippen LogP) is 3.05. The van der Waals surface area contributed by atoms with Gasteiger partial charge in [-0.25, -0.2) is 0 Å². The summed E-state index contributed by atoms with van der Waals surface area (Å²) in [6.45, 7) is 3.91. The largest absolute Gasteiger partial charge is 0.378 e. The number of rotatable bonds is 4. The number of nitrogens with one attached hydrogen (secondary N) is 2. The molecule has 0 bridgehead atoms. The SMILES string of the molecule is Cl.Cl.O=C(CC1CSCCN1)Nc1cccc(Cl)c1N1CCOCC1. The Labute approximate surface area is 170 Å². The highest BCUT2D eigenvalue weighted by atomic mass is 35.5. The van der Waals surface area contributed by atoms with Gasteiger partial charge < -0.3 is 20.3 Å². The maximum Gasteiger partial charge on any atom is 0.226 e. The van der Waals surface area contributed by atoms with Gasteiger partial charge in [0.25, 0.3) is 0 Å². The maximum absolute atomic E-state index is 12.4. The molecule has 0 radical (unpaired) electrons. The molecule has 142 valence electrons. The summed E-state index contributed by atoms with van der Waals surface area (Å²) in [5.74, 6) is 2.13. The zero-order valence-corrected chi connectivity index (χ0v) is 17.0. The average molecular weight is 429 g/mol. The lowest BCUT2D eigenvalue weighted by molar-refractivity contribution is -0.116. The van der Waals surface area contributed by atoms with Crippen LogP contribution in [0.3, 0.4) is 0 Å². The van der Waals surface area contributed by atoms with Crippen LogP contribution in [0.2, 0.25) is 5.02 Å². The lowest BCUT2D eigenvalue weighted by Crippen LogP contribution is -2.40. The Morgan fingerprint density at radius 1 is 1.36 bits per heavy atom. The number of amides is 1. The van der Waals surface area contributed by atoms with Gasteiger partial charge in [0.05, 0.1) is 29.6 Å². The van der Waals surface area contributed by atoms with E-state index in [2.05, 4.69) is 15.5 Å². The van der Waals surface area contributed by atoms with Crippen LogP contribution in [-0.2, 0) is 9.53 Å². The van der Waals surface area contributed by atoms with Gasteiger partial charge in [-0.3, -0.25) is 4.79 Å². The van der Waals surface area contributed by atoms with E-state index in [0.717, 1.165) is 42.5 Å². The van der Waals surface area contributed by atoms with Gasteiger partial charge in [-0.05, 0) is 12.1 Å². The molecule has 1 aromatic carbocycles. The molecule has 2 aliphatic heterocycles. The first-order valence-corrected chi connectivity index (χ1v) is 9.49. The van der Waals surface area contributed by atoms with E-state index < -0.39 is 0 Å². The van der Waals surface area contributed by atoms with Crippen molar-refractivity contribution in [2.75, 3.05) is 54.6 Å². The third-order valence-corrected chi connectivity index (χ3v) is 5.45. The Morgan fingerprint density at radius 2 is 2.12 bits per heavy atom. The quantitative estimate of drug-likeness (QED) is 0.772. The van der Waals surface area contributed by atoms with Crippen LogP contribution in [0.15, 0.2) is 18.2 Å². The van der Waals surface area contributed by atoms with Gasteiger partial charge >= 0.3 is 0 Å². The van der Waals surface area contributed by atoms with Crippen molar-refractivity contribution in [1.82, 2.24) is 5.32 Å². The molecule has 0 saturated carbocycles. The van der Waals surface area contributed by atoms with Gasteiger partial charge in [0, 0.05) is 43.6 Å². The number of para-hydroxylation sites is 1. The molecule has 2 heterocycles. The van der Waals surface area contributed by atoms with Crippen LogP contribution in [0.5, 0.6) is 0 Å². The van der Waals surface area contributed by atoms with Crippen molar-refractivity contribution in [3.8, 4) is 0 Å². The number of hydrogen-bond donors (Lipinski definition) is 2. The second kappa shape index (κ2) is 11.4. The molecule has 1 unspecified atom stereocenters. The van der Waals surface area contributed by atoms with E-state index >= 15 is 0 Å².